The predicted molar refractivity (Wildman–Crippen MR) is 68.7 cm³/mol. The normalized spacial score (nSPS) is 17.7. The summed E-state index contributed by atoms with van der Waals surface area (Å²) in [5.74, 6) is 0.521. The van der Waals surface area contributed by atoms with Crippen molar-refractivity contribution in [2.45, 2.75) is 18.9 Å². The molecule has 3 heterocycles. The van der Waals surface area contributed by atoms with Gasteiger partial charge in [-0.05, 0) is 28.8 Å². The van der Waals surface area contributed by atoms with E-state index in [1.54, 1.807) is 0 Å². The van der Waals surface area contributed by atoms with Crippen molar-refractivity contribution in [2.75, 3.05) is 18.9 Å². The smallest absolute Gasteiger partial charge is 0.146 e. The summed E-state index contributed by atoms with van der Waals surface area (Å²) in [6.07, 6.45) is 5.59. The molecule has 0 atom stereocenters. The summed E-state index contributed by atoms with van der Waals surface area (Å²) in [4.78, 5) is 8.36. The number of aromatic nitrogens is 3. The standard InChI is InChI=1S/C11H13BrN4O/c12-8-5-16(7-1-3-17-4-2-7)11-9(8)10(13)14-6-15-11/h5-7H,1-4H2,(H2,13,14,15). The molecule has 0 amide bonds. The van der Waals surface area contributed by atoms with Crippen LogP contribution in [-0.2, 0) is 4.74 Å². The molecule has 2 N–H and O–H groups in total. The third kappa shape index (κ3) is 1.81. The number of nitrogen functional groups attached to an aromatic ring is 1. The minimum atomic E-state index is 0.437. The zero-order chi connectivity index (χ0) is 11.8. The average molecular weight is 297 g/mol. The van der Waals surface area contributed by atoms with Gasteiger partial charge in [0.1, 0.15) is 17.8 Å². The van der Waals surface area contributed by atoms with Gasteiger partial charge in [-0.15, -0.1) is 0 Å². The molecule has 1 aliphatic heterocycles. The zero-order valence-electron chi connectivity index (χ0n) is 9.27. The first-order chi connectivity index (χ1) is 8.27. The van der Waals surface area contributed by atoms with Crippen LogP contribution in [0.4, 0.5) is 5.82 Å². The van der Waals surface area contributed by atoms with E-state index in [1.165, 1.54) is 6.33 Å². The Hall–Kier alpha value is -1.14. The zero-order valence-corrected chi connectivity index (χ0v) is 10.9. The van der Waals surface area contributed by atoms with Crippen LogP contribution in [0.3, 0.4) is 0 Å². The van der Waals surface area contributed by atoms with E-state index >= 15 is 0 Å². The first-order valence-corrected chi connectivity index (χ1v) is 6.41. The third-order valence-electron chi connectivity index (χ3n) is 3.18. The molecule has 0 bridgehead atoms. The van der Waals surface area contributed by atoms with Gasteiger partial charge in [0.15, 0.2) is 0 Å². The van der Waals surface area contributed by atoms with Crippen LogP contribution in [0.5, 0.6) is 0 Å². The number of fused-ring (bicyclic) bond motifs is 1. The van der Waals surface area contributed by atoms with Crippen molar-refractivity contribution in [1.82, 2.24) is 14.5 Å². The minimum Gasteiger partial charge on any atom is -0.383 e. The summed E-state index contributed by atoms with van der Waals surface area (Å²) in [5.41, 5.74) is 6.78. The van der Waals surface area contributed by atoms with Gasteiger partial charge in [0, 0.05) is 29.9 Å². The van der Waals surface area contributed by atoms with Crippen LogP contribution in [-0.4, -0.2) is 27.7 Å². The van der Waals surface area contributed by atoms with Gasteiger partial charge < -0.3 is 15.0 Å². The number of nitrogens with two attached hydrogens (primary N) is 1. The van der Waals surface area contributed by atoms with Crippen LogP contribution < -0.4 is 5.73 Å². The highest BCUT2D eigenvalue weighted by Gasteiger charge is 2.20. The third-order valence-corrected chi connectivity index (χ3v) is 3.78. The topological polar surface area (TPSA) is 66.0 Å². The molecule has 17 heavy (non-hydrogen) atoms. The van der Waals surface area contributed by atoms with Gasteiger partial charge in [0.25, 0.3) is 0 Å². The number of rotatable bonds is 1. The highest BCUT2D eigenvalue weighted by Crippen LogP contribution is 2.33. The Balaban J connectivity index is 2.13. The highest BCUT2D eigenvalue weighted by molar-refractivity contribution is 9.10. The van der Waals surface area contributed by atoms with Crippen molar-refractivity contribution < 1.29 is 4.74 Å². The van der Waals surface area contributed by atoms with E-state index in [0.29, 0.717) is 11.9 Å². The summed E-state index contributed by atoms with van der Waals surface area (Å²) < 4.78 is 8.52. The molecule has 0 radical (unpaired) electrons. The summed E-state index contributed by atoms with van der Waals surface area (Å²) >= 11 is 3.52. The fraction of sp³-hybridized carbons (Fsp3) is 0.455. The fourth-order valence-electron chi connectivity index (χ4n) is 2.30. The second-order valence-corrected chi connectivity index (χ2v) is 5.04. The number of hydrogen-bond donors (Lipinski definition) is 1. The van der Waals surface area contributed by atoms with Crippen LogP contribution in [0.1, 0.15) is 18.9 Å². The lowest BCUT2D eigenvalue weighted by Gasteiger charge is -2.23. The molecule has 0 saturated carbocycles. The Morgan fingerprint density at radius 3 is 2.88 bits per heavy atom. The summed E-state index contributed by atoms with van der Waals surface area (Å²) in [7, 11) is 0. The van der Waals surface area contributed by atoms with Crippen molar-refractivity contribution >= 4 is 32.8 Å². The SMILES string of the molecule is Nc1ncnc2c1c(Br)cn2C1CCOCC1. The van der Waals surface area contributed by atoms with Crippen molar-refractivity contribution in [3.8, 4) is 0 Å². The minimum absolute atomic E-state index is 0.437. The molecule has 1 aliphatic rings. The number of hydrogen-bond acceptors (Lipinski definition) is 4. The van der Waals surface area contributed by atoms with Crippen molar-refractivity contribution in [3.63, 3.8) is 0 Å². The number of halogens is 1. The fourth-order valence-corrected chi connectivity index (χ4v) is 2.90. The molecule has 6 heteroatoms. The van der Waals surface area contributed by atoms with Crippen LogP contribution in [0.2, 0.25) is 0 Å². The van der Waals surface area contributed by atoms with Gasteiger partial charge >= 0.3 is 0 Å². The van der Waals surface area contributed by atoms with E-state index in [4.69, 9.17) is 10.5 Å². The largest absolute Gasteiger partial charge is 0.383 e. The molecule has 0 unspecified atom stereocenters. The lowest BCUT2D eigenvalue weighted by molar-refractivity contribution is 0.0706. The molecule has 0 aromatic carbocycles. The van der Waals surface area contributed by atoms with Crippen LogP contribution in [0.15, 0.2) is 17.0 Å². The van der Waals surface area contributed by atoms with Crippen molar-refractivity contribution in [1.29, 1.82) is 0 Å². The maximum atomic E-state index is 5.88. The Kier molecular flexibility index (Phi) is 2.76. The second-order valence-electron chi connectivity index (χ2n) is 4.19. The lowest BCUT2D eigenvalue weighted by atomic mass is 10.1. The van der Waals surface area contributed by atoms with Gasteiger partial charge in [-0.25, -0.2) is 9.97 Å². The summed E-state index contributed by atoms with van der Waals surface area (Å²) in [6, 6.07) is 0.437. The van der Waals surface area contributed by atoms with Crippen LogP contribution >= 0.6 is 15.9 Å². The van der Waals surface area contributed by atoms with E-state index in [0.717, 1.165) is 41.6 Å². The van der Waals surface area contributed by atoms with Gasteiger partial charge in [-0.3, -0.25) is 0 Å². The quantitative estimate of drug-likeness (QED) is 0.875. The molecular weight excluding hydrogens is 284 g/mol. The van der Waals surface area contributed by atoms with Crippen molar-refractivity contribution in [2.24, 2.45) is 0 Å². The number of ether oxygens (including phenoxy) is 1. The molecule has 90 valence electrons. The van der Waals surface area contributed by atoms with E-state index in [9.17, 15) is 0 Å². The number of anilines is 1. The molecule has 0 spiro atoms. The van der Waals surface area contributed by atoms with Crippen LogP contribution in [0.25, 0.3) is 11.0 Å². The maximum absolute atomic E-state index is 5.88. The van der Waals surface area contributed by atoms with E-state index in [-0.39, 0.29) is 0 Å². The average Bonchev–Trinajstić information content (AvgIpc) is 2.69. The summed E-state index contributed by atoms with van der Waals surface area (Å²) in [5, 5.41) is 0.902. The molecular formula is C11H13BrN4O. The highest BCUT2D eigenvalue weighted by atomic mass is 79.9. The molecule has 2 aromatic heterocycles. The summed E-state index contributed by atoms with van der Waals surface area (Å²) in [6.45, 7) is 1.62. The van der Waals surface area contributed by atoms with Gasteiger partial charge in [-0.2, -0.15) is 0 Å². The molecule has 5 nitrogen and oxygen atoms in total. The molecule has 3 rings (SSSR count). The lowest BCUT2D eigenvalue weighted by Crippen LogP contribution is -2.19. The van der Waals surface area contributed by atoms with Crippen LogP contribution in [0, 0.1) is 0 Å². The second kappa shape index (κ2) is 4.27. The molecule has 1 fully saturated rings. The van der Waals surface area contributed by atoms with E-state index < -0.39 is 0 Å². The first-order valence-electron chi connectivity index (χ1n) is 5.61. The molecule has 0 aliphatic carbocycles. The van der Waals surface area contributed by atoms with E-state index in [1.807, 2.05) is 6.20 Å². The Labute approximate surface area is 107 Å². The predicted octanol–water partition coefficient (Wildman–Crippen LogP) is 2.13. The molecule has 1 saturated heterocycles. The molecule has 2 aromatic rings. The Bertz CT molecular complexity index is 548. The van der Waals surface area contributed by atoms with Gasteiger partial charge in [0.05, 0.1) is 5.39 Å². The Morgan fingerprint density at radius 1 is 1.35 bits per heavy atom. The Morgan fingerprint density at radius 2 is 2.12 bits per heavy atom. The van der Waals surface area contributed by atoms with Gasteiger partial charge in [-0.1, -0.05) is 0 Å². The first kappa shape index (κ1) is 11.0. The number of nitrogens with zero attached hydrogens (tertiary/aromatic N) is 3. The van der Waals surface area contributed by atoms with Crippen molar-refractivity contribution in [3.05, 3.63) is 17.0 Å². The maximum Gasteiger partial charge on any atom is 0.146 e. The van der Waals surface area contributed by atoms with Gasteiger partial charge in [0.2, 0.25) is 0 Å². The monoisotopic (exact) mass is 296 g/mol. The van der Waals surface area contributed by atoms with E-state index in [2.05, 4.69) is 30.5 Å².